The number of nitrogens with two attached hydrogens (primary N) is 1. The van der Waals surface area contributed by atoms with Gasteiger partial charge in [-0.1, -0.05) is 0 Å². The molecule has 0 atom stereocenters. The van der Waals surface area contributed by atoms with Crippen molar-refractivity contribution in [2.75, 3.05) is 27.3 Å². The third-order valence-electron chi connectivity index (χ3n) is 0.759. The molecule has 0 aliphatic heterocycles. The summed E-state index contributed by atoms with van der Waals surface area (Å²) in [4.78, 5) is 12.4. The molecular formula is C5H13N3O. The Morgan fingerprint density at radius 1 is 1.67 bits per heavy atom. The van der Waals surface area contributed by atoms with Crippen LogP contribution >= 0.6 is 0 Å². The molecule has 0 saturated heterocycles. The first-order chi connectivity index (χ1) is 4.16. The molecular weight excluding hydrogens is 118 g/mol. The van der Waals surface area contributed by atoms with Crippen LogP contribution in [0.1, 0.15) is 0 Å². The van der Waals surface area contributed by atoms with Crippen LogP contribution in [0.15, 0.2) is 0 Å². The quantitative estimate of drug-likeness (QED) is 0.462. The van der Waals surface area contributed by atoms with Crippen molar-refractivity contribution in [2.45, 2.75) is 0 Å². The first kappa shape index (κ1) is 8.39. The lowest BCUT2D eigenvalue weighted by molar-refractivity contribution is -0.121. The van der Waals surface area contributed by atoms with E-state index < -0.39 is 0 Å². The molecule has 1 amide bonds. The van der Waals surface area contributed by atoms with E-state index in [0.29, 0.717) is 6.54 Å². The summed E-state index contributed by atoms with van der Waals surface area (Å²) < 4.78 is 0. The Labute approximate surface area is 55.0 Å². The fraction of sp³-hybridized carbons (Fsp3) is 0.800. The van der Waals surface area contributed by atoms with Gasteiger partial charge in [-0.15, -0.1) is 0 Å². The monoisotopic (exact) mass is 131 g/mol. The van der Waals surface area contributed by atoms with Gasteiger partial charge < -0.3 is 16.0 Å². The van der Waals surface area contributed by atoms with Crippen molar-refractivity contribution >= 4 is 5.91 Å². The average Bonchev–Trinajstić information content (AvgIpc) is 1.63. The van der Waals surface area contributed by atoms with Gasteiger partial charge in [0.2, 0.25) is 5.91 Å². The molecule has 0 radical (unpaired) electrons. The summed E-state index contributed by atoms with van der Waals surface area (Å²) in [5.41, 5.74) is 5.05. The van der Waals surface area contributed by atoms with Crippen molar-refractivity contribution in [1.29, 1.82) is 0 Å². The molecule has 0 heterocycles. The van der Waals surface area contributed by atoms with Crippen LogP contribution in [0.2, 0.25) is 0 Å². The number of carbonyl (C=O) groups is 1. The predicted octanol–water partition coefficient (Wildman–Crippen LogP) is -1.42. The second-order valence-electron chi connectivity index (χ2n) is 2.04. The van der Waals surface area contributed by atoms with E-state index in [1.807, 2.05) is 14.1 Å². The predicted molar refractivity (Wildman–Crippen MR) is 35.8 cm³/mol. The van der Waals surface area contributed by atoms with E-state index >= 15 is 0 Å². The van der Waals surface area contributed by atoms with E-state index in [0.717, 1.165) is 0 Å². The zero-order valence-electron chi connectivity index (χ0n) is 5.85. The van der Waals surface area contributed by atoms with E-state index in [4.69, 9.17) is 5.73 Å². The number of likely N-dealkylation sites (N-methyl/N-ethyl adjacent to an activating group) is 1. The fourth-order valence-corrected chi connectivity index (χ4v) is 0.457. The van der Waals surface area contributed by atoms with E-state index in [1.54, 1.807) is 4.90 Å². The summed E-state index contributed by atoms with van der Waals surface area (Å²) in [6.45, 7) is 0.615. The molecule has 0 rings (SSSR count). The molecule has 0 unspecified atom stereocenters. The Kier molecular flexibility index (Phi) is 4.00. The SMILES string of the molecule is CN(C)CC(=O)NCN. The zero-order chi connectivity index (χ0) is 7.28. The lowest BCUT2D eigenvalue weighted by Gasteiger charge is -2.07. The van der Waals surface area contributed by atoms with Gasteiger partial charge >= 0.3 is 0 Å². The van der Waals surface area contributed by atoms with E-state index in [-0.39, 0.29) is 12.6 Å². The van der Waals surface area contributed by atoms with Gasteiger partial charge in [0.05, 0.1) is 13.2 Å². The van der Waals surface area contributed by atoms with Crippen LogP contribution in [0.3, 0.4) is 0 Å². The summed E-state index contributed by atoms with van der Waals surface area (Å²) >= 11 is 0. The van der Waals surface area contributed by atoms with Crippen molar-refractivity contribution in [3.63, 3.8) is 0 Å². The van der Waals surface area contributed by atoms with Crippen molar-refractivity contribution in [1.82, 2.24) is 10.2 Å². The number of hydrogen-bond acceptors (Lipinski definition) is 3. The molecule has 0 spiro atoms. The third-order valence-corrected chi connectivity index (χ3v) is 0.759. The minimum absolute atomic E-state index is 0.0394. The maximum absolute atomic E-state index is 10.6. The van der Waals surface area contributed by atoms with E-state index in [2.05, 4.69) is 5.32 Å². The zero-order valence-corrected chi connectivity index (χ0v) is 5.85. The highest BCUT2D eigenvalue weighted by Gasteiger charge is 1.98. The largest absolute Gasteiger partial charge is 0.343 e. The van der Waals surface area contributed by atoms with Crippen LogP contribution in [-0.4, -0.2) is 38.1 Å². The van der Waals surface area contributed by atoms with Crippen LogP contribution in [0.5, 0.6) is 0 Å². The summed E-state index contributed by atoms with van der Waals surface area (Å²) in [5.74, 6) is -0.0394. The molecule has 0 aromatic rings. The van der Waals surface area contributed by atoms with Gasteiger partial charge in [0.25, 0.3) is 0 Å². The van der Waals surface area contributed by atoms with Crippen molar-refractivity contribution in [3.8, 4) is 0 Å². The van der Waals surface area contributed by atoms with Gasteiger partial charge in [0.15, 0.2) is 0 Å². The highest BCUT2D eigenvalue weighted by Crippen LogP contribution is 1.71. The standard InChI is InChI=1S/C5H13N3O/c1-8(2)3-5(9)7-4-6/h3-4,6H2,1-2H3,(H,7,9). The van der Waals surface area contributed by atoms with Crippen LogP contribution in [0.25, 0.3) is 0 Å². The van der Waals surface area contributed by atoms with Gasteiger partial charge in [0.1, 0.15) is 0 Å². The average molecular weight is 131 g/mol. The smallest absolute Gasteiger partial charge is 0.235 e. The van der Waals surface area contributed by atoms with Crippen LogP contribution in [0, 0.1) is 0 Å². The number of nitrogens with zero attached hydrogens (tertiary/aromatic N) is 1. The molecule has 9 heavy (non-hydrogen) atoms. The van der Waals surface area contributed by atoms with Gasteiger partial charge in [0, 0.05) is 0 Å². The molecule has 4 nitrogen and oxygen atoms in total. The normalized spacial score (nSPS) is 9.78. The Hall–Kier alpha value is -0.610. The maximum atomic E-state index is 10.6. The maximum Gasteiger partial charge on any atom is 0.235 e. The Bertz CT molecular complexity index is 92.2. The Morgan fingerprint density at radius 2 is 2.22 bits per heavy atom. The summed E-state index contributed by atoms with van der Waals surface area (Å²) in [7, 11) is 3.66. The van der Waals surface area contributed by atoms with Gasteiger partial charge in [-0.25, -0.2) is 0 Å². The highest BCUT2D eigenvalue weighted by atomic mass is 16.2. The fourth-order valence-electron chi connectivity index (χ4n) is 0.457. The number of carbonyl (C=O) groups excluding carboxylic acids is 1. The Balaban J connectivity index is 3.27. The molecule has 0 fully saturated rings. The molecule has 54 valence electrons. The number of nitrogens with one attached hydrogen (secondary N) is 1. The second kappa shape index (κ2) is 4.29. The van der Waals surface area contributed by atoms with E-state index in [9.17, 15) is 4.79 Å². The summed E-state index contributed by atoms with van der Waals surface area (Å²) in [5, 5.41) is 2.47. The molecule has 0 bridgehead atoms. The molecule has 0 aliphatic carbocycles. The van der Waals surface area contributed by atoms with Crippen LogP contribution in [-0.2, 0) is 4.79 Å². The lowest BCUT2D eigenvalue weighted by Crippen LogP contribution is -2.36. The summed E-state index contributed by atoms with van der Waals surface area (Å²) in [6.07, 6.45) is 0. The molecule has 0 aromatic carbocycles. The number of amides is 1. The molecule has 4 heteroatoms. The Morgan fingerprint density at radius 3 is 2.56 bits per heavy atom. The molecule has 0 aliphatic rings. The van der Waals surface area contributed by atoms with E-state index in [1.165, 1.54) is 0 Å². The lowest BCUT2D eigenvalue weighted by atomic mass is 10.5. The highest BCUT2D eigenvalue weighted by molar-refractivity contribution is 5.77. The van der Waals surface area contributed by atoms with Crippen molar-refractivity contribution in [3.05, 3.63) is 0 Å². The minimum Gasteiger partial charge on any atom is -0.343 e. The van der Waals surface area contributed by atoms with Gasteiger partial charge in [-0.2, -0.15) is 0 Å². The van der Waals surface area contributed by atoms with Gasteiger partial charge in [-0.05, 0) is 14.1 Å². The third kappa shape index (κ3) is 5.26. The number of hydrogen-bond donors (Lipinski definition) is 2. The minimum atomic E-state index is -0.0394. The molecule has 0 saturated carbocycles. The second-order valence-corrected chi connectivity index (χ2v) is 2.04. The van der Waals surface area contributed by atoms with Crippen LogP contribution in [0.4, 0.5) is 0 Å². The van der Waals surface area contributed by atoms with Gasteiger partial charge in [-0.3, -0.25) is 4.79 Å². The summed E-state index contributed by atoms with van der Waals surface area (Å²) in [6, 6.07) is 0. The molecule has 0 aromatic heterocycles. The first-order valence-corrected chi connectivity index (χ1v) is 2.78. The topological polar surface area (TPSA) is 58.4 Å². The van der Waals surface area contributed by atoms with Crippen molar-refractivity contribution in [2.24, 2.45) is 5.73 Å². The molecule has 3 N–H and O–H groups in total. The van der Waals surface area contributed by atoms with Crippen molar-refractivity contribution < 1.29 is 4.79 Å². The first-order valence-electron chi connectivity index (χ1n) is 2.78. The number of rotatable bonds is 3. The van der Waals surface area contributed by atoms with Crippen LogP contribution < -0.4 is 11.1 Å².